The zero-order valence-corrected chi connectivity index (χ0v) is 17.1. The molecular formula is C21H28F2N6. The third-order valence-electron chi connectivity index (χ3n) is 4.83. The van der Waals surface area contributed by atoms with Crippen molar-refractivity contribution >= 4 is 17.5 Å². The van der Waals surface area contributed by atoms with Crippen LogP contribution in [0.1, 0.15) is 18.9 Å². The molecule has 0 bridgehead atoms. The van der Waals surface area contributed by atoms with E-state index in [4.69, 9.17) is 0 Å². The minimum Gasteiger partial charge on any atom is -0.375 e. The van der Waals surface area contributed by atoms with Gasteiger partial charge in [0.05, 0.1) is 12.2 Å². The van der Waals surface area contributed by atoms with Gasteiger partial charge >= 0.3 is 0 Å². The van der Waals surface area contributed by atoms with Crippen LogP contribution in [-0.4, -0.2) is 50.7 Å². The first-order valence-corrected chi connectivity index (χ1v) is 9.84. The monoisotopic (exact) mass is 402 g/mol. The van der Waals surface area contributed by atoms with E-state index in [0.29, 0.717) is 37.1 Å². The Morgan fingerprint density at radius 3 is 2.79 bits per heavy atom. The predicted octanol–water partition coefficient (Wildman–Crippen LogP) is 2.76. The van der Waals surface area contributed by atoms with E-state index in [0.717, 1.165) is 18.5 Å². The first-order chi connectivity index (χ1) is 14.0. The number of aliphatic imine (C=N–C) groups is 1. The van der Waals surface area contributed by atoms with Crippen LogP contribution in [0.15, 0.2) is 41.5 Å². The number of halogens is 2. The largest absolute Gasteiger partial charge is 0.375 e. The standard InChI is InChI=1S/C21H28F2N6/c1-4-24-21(26-13-15-7-8-19(28(2)3)18(23)12-15)27-16-9-11-29(14-16)20-17(22)6-5-10-25-20/h5-8,10,12,16H,4,9,11,13-14H2,1-3H3,(H2,24,26,27). The van der Waals surface area contributed by atoms with Crippen molar-refractivity contribution in [3.8, 4) is 0 Å². The summed E-state index contributed by atoms with van der Waals surface area (Å²) in [7, 11) is 3.62. The second-order valence-electron chi connectivity index (χ2n) is 7.26. The van der Waals surface area contributed by atoms with E-state index in [1.54, 1.807) is 23.2 Å². The van der Waals surface area contributed by atoms with Crippen LogP contribution in [0, 0.1) is 11.6 Å². The molecule has 1 aliphatic heterocycles. The van der Waals surface area contributed by atoms with Crippen LogP contribution in [-0.2, 0) is 6.54 Å². The average molecular weight is 402 g/mol. The highest BCUT2D eigenvalue weighted by Gasteiger charge is 2.25. The lowest BCUT2D eigenvalue weighted by atomic mass is 10.2. The second-order valence-corrected chi connectivity index (χ2v) is 7.26. The molecule has 1 aliphatic rings. The lowest BCUT2D eigenvalue weighted by molar-refractivity contribution is 0.612. The molecule has 29 heavy (non-hydrogen) atoms. The molecule has 1 aromatic heterocycles. The van der Waals surface area contributed by atoms with Crippen LogP contribution >= 0.6 is 0 Å². The highest BCUT2D eigenvalue weighted by atomic mass is 19.1. The number of aromatic nitrogens is 1. The third kappa shape index (κ3) is 5.34. The molecule has 6 nitrogen and oxygen atoms in total. The molecule has 0 amide bonds. The van der Waals surface area contributed by atoms with Gasteiger partial charge in [0.1, 0.15) is 5.82 Å². The summed E-state index contributed by atoms with van der Waals surface area (Å²) < 4.78 is 28.2. The summed E-state index contributed by atoms with van der Waals surface area (Å²) in [4.78, 5) is 12.4. The Bertz CT molecular complexity index is 855. The van der Waals surface area contributed by atoms with Crippen molar-refractivity contribution in [1.82, 2.24) is 15.6 Å². The first-order valence-electron chi connectivity index (χ1n) is 9.84. The van der Waals surface area contributed by atoms with Crippen LogP contribution in [0.2, 0.25) is 0 Å². The number of hydrogen-bond donors (Lipinski definition) is 2. The Balaban J connectivity index is 1.63. The van der Waals surface area contributed by atoms with Gasteiger partial charge in [-0.05, 0) is 43.2 Å². The number of rotatable bonds is 6. The zero-order chi connectivity index (χ0) is 20.8. The summed E-state index contributed by atoms with van der Waals surface area (Å²) in [5.41, 5.74) is 1.35. The van der Waals surface area contributed by atoms with Gasteiger partial charge in [-0.3, -0.25) is 0 Å². The number of guanidine groups is 1. The highest BCUT2D eigenvalue weighted by molar-refractivity contribution is 5.80. The molecule has 1 aromatic carbocycles. The Kier molecular flexibility index (Phi) is 6.85. The highest BCUT2D eigenvalue weighted by Crippen LogP contribution is 2.21. The fourth-order valence-electron chi connectivity index (χ4n) is 3.38. The van der Waals surface area contributed by atoms with Crippen LogP contribution in [0.5, 0.6) is 0 Å². The molecule has 2 aromatic rings. The van der Waals surface area contributed by atoms with Gasteiger partial charge in [-0.2, -0.15) is 0 Å². The van der Waals surface area contributed by atoms with Gasteiger partial charge in [0.2, 0.25) is 0 Å². The molecule has 1 unspecified atom stereocenters. The number of anilines is 2. The molecule has 8 heteroatoms. The van der Waals surface area contributed by atoms with E-state index in [2.05, 4.69) is 20.6 Å². The Morgan fingerprint density at radius 1 is 1.28 bits per heavy atom. The average Bonchev–Trinajstić information content (AvgIpc) is 3.14. The molecule has 156 valence electrons. The van der Waals surface area contributed by atoms with Crippen LogP contribution in [0.3, 0.4) is 0 Å². The fraction of sp³-hybridized carbons (Fsp3) is 0.429. The van der Waals surface area contributed by atoms with Gasteiger partial charge in [0.25, 0.3) is 0 Å². The number of pyridine rings is 1. The number of benzene rings is 1. The second kappa shape index (κ2) is 9.54. The summed E-state index contributed by atoms with van der Waals surface area (Å²) in [6, 6.07) is 8.30. The van der Waals surface area contributed by atoms with Crippen molar-refractivity contribution < 1.29 is 8.78 Å². The maximum Gasteiger partial charge on any atom is 0.191 e. The molecular weight excluding hydrogens is 374 g/mol. The maximum atomic E-state index is 14.2. The SMILES string of the molecule is CCNC(=NCc1ccc(N(C)C)c(F)c1)NC1CCN(c2ncccc2F)C1. The fourth-order valence-corrected chi connectivity index (χ4v) is 3.38. The van der Waals surface area contributed by atoms with Crippen molar-refractivity contribution in [1.29, 1.82) is 0 Å². The van der Waals surface area contributed by atoms with Gasteiger partial charge < -0.3 is 20.4 Å². The van der Waals surface area contributed by atoms with Gasteiger partial charge in [-0.1, -0.05) is 6.07 Å². The number of nitrogens with one attached hydrogen (secondary N) is 2. The summed E-state index contributed by atoms with van der Waals surface area (Å²) in [5, 5.41) is 6.61. The molecule has 1 saturated heterocycles. The Morgan fingerprint density at radius 2 is 2.10 bits per heavy atom. The van der Waals surface area contributed by atoms with E-state index in [-0.39, 0.29) is 17.7 Å². The summed E-state index contributed by atoms with van der Waals surface area (Å²) in [6.45, 7) is 4.44. The van der Waals surface area contributed by atoms with E-state index < -0.39 is 0 Å². The molecule has 1 fully saturated rings. The first kappa shape index (κ1) is 20.8. The van der Waals surface area contributed by atoms with E-state index >= 15 is 0 Å². The summed E-state index contributed by atoms with van der Waals surface area (Å²) in [6.07, 6.45) is 2.46. The quantitative estimate of drug-likeness (QED) is 0.575. The van der Waals surface area contributed by atoms with Crippen LogP contribution < -0.4 is 20.4 Å². The Labute approximate surface area is 170 Å². The van der Waals surface area contributed by atoms with Crippen LogP contribution in [0.25, 0.3) is 0 Å². The van der Waals surface area contributed by atoms with E-state index in [1.807, 2.05) is 32.0 Å². The minimum atomic E-state index is -0.308. The van der Waals surface area contributed by atoms with Gasteiger partial charge in [0, 0.05) is 46.0 Å². The van der Waals surface area contributed by atoms with Gasteiger partial charge in [-0.15, -0.1) is 0 Å². The molecule has 0 spiro atoms. The maximum absolute atomic E-state index is 14.2. The Hall–Kier alpha value is -2.90. The molecule has 1 atom stereocenters. The van der Waals surface area contributed by atoms with Crippen LogP contribution in [0.4, 0.5) is 20.3 Å². The third-order valence-corrected chi connectivity index (χ3v) is 4.83. The smallest absolute Gasteiger partial charge is 0.191 e. The van der Waals surface area contributed by atoms with Gasteiger partial charge in [0.15, 0.2) is 17.6 Å². The lowest BCUT2D eigenvalue weighted by Crippen LogP contribution is -2.44. The normalized spacial score (nSPS) is 16.8. The molecule has 2 heterocycles. The molecule has 2 N–H and O–H groups in total. The molecule has 3 rings (SSSR count). The summed E-state index contributed by atoms with van der Waals surface area (Å²) in [5.74, 6) is 0.481. The van der Waals surface area contributed by atoms with Crippen molar-refractivity contribution in [2.24, 2.45) is 4.99 Å². The minimum absolute atomic E-state index is 0.127. The van der Waals surface area contributed by atoms with Crippen molar-refractivity contribution in [3.05, 3.63) is 53.7 Å². The molecule has 0 saturated carbocycles. The van der Waals surface area contributed by atoms with E-state index in [1.165, 1.54) is 12.1 Å². The van der Waals surface area contributed by atoms with Gasteiger partial charge in [-0.25, -0.2) is 18.8 Å². The van der Waals surface area contributed by atoms with Crippen molar-refractivity contribution in [2.45, 2.75) is 25.9 Å². The molecule has 0 radical (unpaired) electrons. The van der Waals surface area contributed by atoms with Crippen molar-refractivity contribution in [3.63, 3.8) is 0 Å². The van der Waals surface area contributed by atoms with E-state index in [9.17, 15) is 8.78 Å². The van der Waals surface area contributed by atoms with Crippen molar-refractivity contribution in [2.75, 3.05) is 43.5 Å². The lowest BCUT2D eigenvalue weighted by Gasteiger charge is -2.20. The number of nitrogens with zero attached hydrogens (tertiary/aromatic N) is 4. The topological polar surface area (TPSA) is 55.8 Å². The predicted molar refractivity (Wildman–Crippen MR) is 113 cm³/mol. The summed E-state index contributed by atoms with van der Waals surface area (Å²) >= 11 is 0. The molecule has 0 aliphatic carbocycles. The number of hydrogen-bond acceptors (Lipinski definition) is 4. The zero-order valence-electron chi connectivity index (χ0n) is 17.1.